The maximum absolute atomic E-state index is 11.9. The van der Waals surface area contributed by atoms with Gasteiger partial charge in [0, 0.05) is 25.6 Å². The van der Waals surface area contributed by atoms with Gasteiger partial charge in [-0.2, -0.15) is 0 Å². The molecule has 1 aliphatic rings. The molecule has 0 saturated carbocycles. The average Bonchev–Trinajstić information content (AvgIpc) is 2.54. The Morgan fingerprint density at radius 2 is 2.11 bits per heavy atom. The zero-order valence-electron chi connectivity index (χ0n) is 15.1. The zero-order valence-corrected chi connectivity index (χ0v) is 15.9. The van der Waals surface area contributed by atoms with Crippen LogP contribution in [0.2, 0.25) is 0 Å². The molecule has 0 radical (unpaired) electrons. The molecular weight excluding hydrogens is 374 g/mol. The molecule has 1 aromatic rings. The summed E-state index contributed by atoms with van der Waals surface area (Å²) in [5, 5.41) is 24.3. The van der Waals surface area contributed by atoms with Gasteiger partial charge in [0.05, 0.1) is 5.75 Å². The van der Waals surface area contributed by atoms with Crippen LogP contribution in [0, 0.1) is 0 Å². The summed E-state index contributed by atoms with van der Waals surface area (Å²) in [5.41, 5.74) is 1.04. The van der Waals surface area contributed by atoms with E-state index in [2.05, 4.69) is 10.2 Å². The van der Waals surface area contributed by atoms with E-state index in [-0.39, 0.29) is 42.8 Å². The van der Waals surface area contributed by atoms with Gasteiger partial charge in [0.15, 0.2) is 0 Å². The topological polar surface area (TPSA) is 150 Å². The average molecular weight is 401 g/mol. The van der Waals surface area contributed by atoms with E-state index < -0.39 is 10.0 Å². The van der Waals surface area contributed by atoms with E-state index in [1.54, 1.807) is 12.1 Å². The van der Waals surface area contributed by atoms with E-state index in [0.717, 1.165) is 38.0 Å². The second-order valence-electron chi connectivity index (χ2n) is 6.39. The highest BCUT2D eigenvalue weighted by molar-refractivity contribution is 7.89. The second kappa shape index (κ2) is 11.5. The Morgan fingerprint density at radius 1 is 1.41 bits per heavy atom. The lowest BCUT2D eigenvalue weighted by Gasteiger charge is -2.33. The van der Waals surface area contributed by atoms with Crippen molar-refractivity contribution in [2.45, 2.75) is 38.3 Å². The fourth-order valence-corrected chi connectivity index (χ4v) is 3.51. The maximum atomic E-state index is 11.9. The molecule has 0 aliphatic carbocycles. The Morgan fingerprint density at radius 3 is 2.74 bits per heavy atom. The molecule has 0 bridgehead atoms. The third-order valence-electron chi connectivity index (χ3n) is 4.02. The Kier molecular flexibility index (Phi) is 9.76. The fourth-order valence-electron chi connectivity index (χ4n) is 2.96. The number of likely N-dealkylation sites (tertiary alicyclic amines) is 1. The standard InChI is InChI=1S/C16H25N3O4S.CH2O2/c17-24(22,23)9-3-7-16(21)18-14-5-2-8-19(12-14)11-13-4-1-6-15(20)10-13;2-1-3/h1,4,6,10,14,20H,2-3,5,7-9,11-12H2,(H,18,21)(H2,17,22,23);1H,(H,2,3). The summed E-state index contributed by atoms with van der Waals surface area (Å²) in [6, 6.07) is 7.24. The van der Waals surface area contributed by atoms with Crippen LogP contribution in [0.4, 0.5) is 0 Å². The van der Waals surface area contributed by atoms with Crippen LogP contribution in [0.1, 0.15) is 31.2 Å². The molecule has 1 heterocycles. The number of piperidine rings is 1. The van der Waals surface area contributed by atoms with Gasteiger partial charge in [-0.1, -0.05) is 12.1 Å². The molecule has 10 heteroatoms. The molecule has 9 nitrogen and oxygen atoms in total. The number of phenolic OH excluding ortho intramolecular Hbond substituents is 1. The number of hydrogen-bond acceptors (Lipinski definition) is 6. The normalized spacial score (nSPS) is 17.4. The summed E-state index contributed by atoms with van der Waals surface area (Å²) >= 11 is 0. The lowest BCUT2D eigenvalue weighted by atomic mass is 10.0. The SMILES string of the molecule is NS(=O)(=O)CCCC(=O)NC1CCCN(Cc2cccc(O)c2)C1.O=CO. The van der Waals surface area contributed by atoms with Gasteiger partial charge in [-0.15, -0.1) is 0 Å². The van der Waals surface area contributed by atoms with Gasteiger partial charge in [0.2, 0.25) is 15.9 Å². The quantitative estimate of drug-likeness (QED) is 0.478. The Bertz CT molecular complexity index is 710. The van der Waals surface area contributed by atoms with Crippen LogP contribution in [-0.2, 0) is 26.2 Å². The highest BCUT2D eigenvalue weighted by Gasteiger charge is 2.21. The van der Waals surface area contributed by atoms with E-state index in [1.807, 2.05) is 12.1 Å². The number of carbonyl (C=O) groups excluding carboxylic acids is 1. The third kappa shape index (κ3) is 10.5. The molecule has 1 amide bonds. The summed E-state index contributed by atoms with van der Waals surface area (Å²) in [4.78, 5) is 22.5. The molecule has 2 rings (SSSR count). The number of benzene rings is 1. The van der Waals surface area contributed by atoms with Crippen molar-refractivity contribution in [3.8, 4) is 5.75 Å². The number of aromatic hydroxyl groups is 1. The van der Waals surface area contributed by atoms with Crippen molar-refractivity contribution in [2.75, 3.05) is 18.8 Å². The van der Waals surface area contributed by atoms with E-state index in [1.165, 1.54) is 0 Å². The second-order valence-corrected chi connectivity index (χ2v) is 8.12. The molecule has 27 heavy (non-hydrogen) atoms. The van der Waals surface area contributed by atoms with Gasteiger partial charge in [0.1, 0.15) is 5.75 Å². The molecule has 1 aliphatic heterocycles. The fraction of sp³-hybridized carbons (Fsp3) is 0.529. The number of nitrogens with zero attached hydrogens (tertiary/aromatic N) is 1. The number of phenols is 1. The van der Waals surface area contributed by atoms with Gasteiger partial charge < -0.3 is 15.5 Å². The first kappa shape index (κ1) is 22.9. The van der Waals surface area contributed by atoms with Crippen LogP contribution in [0.3, 0.4) is 0 Å². The largest absolute Gasteiger partial charge is 0.508 e. The molecule has 1 saturated heterocycles. The van der Waals surface area contributed by atoms with Gasteiger partial charge in [-0.05, 0) is 43.5 Å². The Hall–Kier alpha value is -2.17. The summed E-state index contributed by atoms with van der Waals surface area (Å²) < 4.78 is 21.7. The predicted octanol–water partition coefficient (Wildman–Crippen LogP) is 0.242. The monoisotopic (exact) mass is 401 g/mol. The minimum absolute atomic E-state index is 0.0676. The minimum atomic E-state index is -3.51. The van der Waals surface area contributed by atoms with E-state index >= 15 is 0 Å². The van der Waals surface area contributed by atoms with Crippen molar-refractivity contribution in [2.24, 2.45) is 5.14 Å². The Balaban J connectivity index is 0.00000114. The summed E-state index contributed by atoms with van der Waals surface area (Å²) in [5.74, 6) is -0.0543. The number of hydrogen-bond donors (Lipinski definition) is 4. The number of amides is 1. The van der Waals surface area contributed by atoms with Crippen LogP contribution in [0.25, 0.3) is 0 Å². The molecule has 1 atom stereocenters. The van der Waals surface area contributed by atoms with Crippen molar-refractivity contribution in [3.05, 3.63) is 29.8 Å². The number of primary sulfonamides is 1. The minimum Gasteiger partial charge on any atom is -0.508 e. The summed E-state index contributed by atoms with van der Waals surface area (Å²) in [6.45, 7) is 2.18. The van der Waals surface area contributed by atoms with Gasteiger partial charge in [-0.25, -0.2) is 13.6 Å². The molecule has 152 valence electrons. The lowest BCUT2D eigenvalue weighted by Crippen LogP contribution is -2.47. The lowest BCUT2D eigenvalue weighted by molar-refractivity contribution is -0.123. The van der Waals surface area contributed by atoms with Crippen molar-refractivity contribution >= 4 is 22.4 Å². The first-order chi connectivity index (χ1) is 12.7. The van der Waals surface area contributed by atoms with Gasteiger partial charge in [0.25, 0.3) is 6.47 Å². The number of nitrogens with two attached hydrogens (primary N) is 1. The summed E-state index contributed by atoms with van der Waals surface area (Å²) in [7, 11) is -3.51. The van der Waals surface area contributed by atoms with Crippen LogP contribution < -0.4 is 10.5 Å². The molecule has 0 spiro atoms. The van der Waals surface area contributed by atoms with Crippen LogP contribution in [-0.4, -0.2) is 60.8 Å². The molecule has 1 aromatic carbocycles. The Labute approximate surface area is 159 Å². The molecular formula is C17H27N3O6S. The van der Waals surface area contributed by atoms with Crippen LogP contribution in [0.15, 0.2) is 24.3 Å². The maximum Gasteiger partial charge on any atom is 0.290 e. The number of sulfonamides is 1. The number of nitrogens with one attached hydrogen (secondary N) is 1. The molecule has 1 unspecified atom stereocenters. The number of carboxylic acid groups (broad SMARTS) is 1. The van der Waals surface area contributed by atoms with Crippen molar-refractivity contribution in [1.82, 2.24) is 10.2 Å². The van der Waals surface area contributed by atoms with E-state index in [4.69, 9.17) is 15.0 Å². The smallest absolute Gasteiger partial charge is 0.290 e. The van der Waals surface area contributed by atoms with Crippen LogP contribution >= 0.6 is 0 Å². The highest BCUT2D eigenvalue weighted by Crippen LogP contribution is 2.17. The molecule has 5 N–H and O–H groups in total. The molecule has 1 fully saturated rings. The van der Waals surface area contributed by atoms with Crippen molar-refractivity contribution in [3.63, 3.8) is 0 Å². The zero-order chi connectivity index (χ0) is 20.3. The third-order valence-corrected chi connectivity index (χ3v) is 4.88. The van der Waals surface area contributed by atoms with Crippen LogP contribution in [0.5, 0.6) is 5.75 Å². The number of carbonyl (C=O) groups is 2. The van der Waals surface area contributed by atoms with Crippen molar-refractivity contribution < 1.29 is 28.2 Å². The first-order valence-electron chi connectivity index (χ1n) is 8.61. The van der Waals surface area contributed by atoms with Gasteiger partial charge in [-0.3, -0.25) is 14.5 Å². The van der Waals surface area contributed by atoms with E-state index in [0.29, 0.717) is 0 Å². The highest BCUT2D eigenvalue weighted by atomic mass is 32.2. The molecule has 0 aromatic heterocycles. The summed E-state index contributed by atoms with van der Waals surface area (Å²) in [6.07, 6.45) is 2.31. The van der Waals surface area contributed by atoms with Gasteiger partial charge >= 0.3 is 0 Å². The first-order valence-corrected chi connectivity index (χ1v) is 10.3. The van der Waals surface area contributed by atoms with Crippen molar-refractivity contribution in [1.29, 1.82) is 0 Å². The number of rotatable bonds is 7. The van der Waals surface area contributed by atoms with E-state index in [9.17, 15) is 18.3 Å². The predicted molar refractivity (Wildman–Crippen MR) is 100 cm³/mol.